The monoisotopic (exact) mass is 395 g/mol. The predicted molar refractivity (Wildman–Crippen MR) is 116 cm³/mol. The Balaban J connectivity index is 1.49. The topological polar surface area (TPSA) is 80.1 Å². The second kappa shape index (κ2) is 9.09. The van der Waals surface area contributed by atoms with E-state index in [9.17, 15) is 0 Å². The van der Waals surface area contributed by atoms with Crippen LogP contribution in [-0.2, 0) is 7.05 Å². The lowest BCUT2D eigenvalue weighted by atomic mass is 10.1. The van der Waals surface area contributed by atoms with E-state index in [0.717, 1.165) is 41.4 Å². The summed E-state index contributed by atoms with van der Waals surface area (Å²) in [5.41, 5.74) is 1.74. The van der Waals surface area contributed by atoms with Gasteiger partial charge in [0.05, 0.1) is 18.2 Å². The van der Waals surface area contributed by atoms with Crippen molar-refractivity contribution >= 4 is 28.5 Å². The first-order chi connectivity index (χ1) is 14.2. The van der Waals surface area contributed by atoms with Gasteiger partial charge in [-0.25, -0.2) is 0 Å². The summed E-state index contributed by atoms with van der Waals surface area (Å²) in [6.07, 6.45) is 5.75. The fourth-order valence-corrected chi connectivity index (χ4v) is 3.64. The van der Waals surface area contributed by atoms with Crippen molar-refractivity contribution in [2.45, 2.75) is 26.2 Å². The fourth-order valence-electron chi connectivity index (χ4n) is 3.64. The first kappa shape index (κ1) is 19.4. The van der Waals surface area contributed by atoms with E-state index in [2.05, 4.69) is 25.6 Å². The van der Waals surface area contributed by atoms with Gasteiger partial charge in [-0.3, -0.25) is 4.68 Å². The van der Waals surface area contributed by atoms with Crippen LogP contribution in [0.15, 0.2) is 30.5 Å². The SMILES string of the molecule is CCOc1ccc(Nc2nc(NCCN3CCCCC3)nc3c2cnn3C)cc1. The number of rotatable bonds is 8. The summed E-state index contributed by atoms with van der Waals surface area (Å²) < 4.78 is 7.29. The van der Waals surface area contributed by atoms with Crippen molar-refractivity contribution in [1.82, 2.24) is 24.6 Å². The van der Waals surface area contributed by atoms with E-state index in [0.29, 0.717) is 12.6 Å². The highest BCUT2D eigenvalue weighted by atomic mass is 16.5. The second-order valence-corrected chi connectivity index (χ2v) is 7.31. The van der Waals surface area contributed by atoms with E-state index in [-0.39, 0.29) is 0 Å². The maximum Gasteiger partial charge on any atom is 0.226 e. The summed E-state index contributed by atoms with van der Waals surface area (Å²) in [4.78, 5) is 11.9. The Morgan fingerprint density at radius 2 is 1.86 bits per heavy atom. The number of anilines is 3. The Hall–Kier alpha value is -2.87. The van der Waals surface area contributed by atoms with Crippen LogP contribution in [0.1, 0.15) is 26.2 Å². The highest BCUT2D eigenvalue weighted by molar-refractivity contribution is 5.89. The molecule has 0 aliphatic carbocycles. The van der Waals surface area contributed by atoms with Gasteiger partial charge in [0.25, 0.3) is 0 Å². The summed E-state index contributed by atoms with van der Waals surface area (Å²) in [5, 5.41) is 12.0. The van der Waals surface area contributed by atoms with E-state index in [1.54, 1.807) is 10.9 Å². The molecule has 0 unspecified atom stereocenters. The number of fused-ring (bicyclic) bond motifs is 1. The Bertz CT molecular complexity index is 932. The van der Waals surface area contributed by atoms with Gasteiger partial charge in [0.15, 0.2) is 5.65 Å². The molecular formula is C21H29N7O. The Labute approximate surface area is 171 Å². The van der Waals surface area contributed by atoms with Crippen LogP contribution in [0, 0.1) is 0 Å². The molecule has 1 saturated heterocycles. The molecule has 0 atom stereocenters. The van der Waals surface area contributed by atoms with Crippen molar-refractivity contribution in [1.29, 1.82) is 0 Å². The first-order valence-corrected chi connectivity index (χ1v) is 10.4. The molecule has 1 aliphatic rings. The number of nitrogens with one attached hydrogen (secondary N) is 2. The Morgan fingerprint density at radius 3 is 2.62 bits per heavy atom. The van der Waals surface area contributed by atoms with Gasteiger partial charge in [-0.2, -0.15) is 15.1 Å². The van der Waals surface area contributed by atoms with Gasteiger partial charge in [0, 0.05) is 25.8 Å². The van der Waals surface area contributed by atoms with Crippen molar-refractivity contribution < 1.29 is 4.74 Å². The van der Waals surface area contributed by atoms with Crippen LogP contribution in [0.5, 0.6) is 5.75 Å². The van der Waals surface area contributed by atoms with Gasteiger partial charge in [-0.1, -0.05) is 6.42 Å². The van der Waals surface area contributed by atoms with Crippen LogP contribution in [0.25, 0.3) is 11.0 Å². The minimum absolute atomic E-state index is 0.617. The van der Waals surface area contributed by atoms with Gasteiger partial charge in [-0.05, 0) is 57.1 Å². The quantitative estimate of drug-likeness (QED) is 0.605. The molecule has 8 heteroatoms. The van der Waals surface area contributed by atoms with Crippen LogP contribution >= 0.6 is 0 Å². The molecular weight excluding hydrogens is 366 g/mol. The van der Waals surface area contributed by atoms with E-state index in [4.69, 9.17) is 9.72 Å². The van der Waals surface area contributed by atoms with Crippen molar-refractivity contribution in [2.75, 3.05) is 43.4 Å². The standard InChI is InChI=1S/C21H29N7O/c1-3-29-17-9-7-16(8-10-17)24-19-18-15-23-27(2)20(18)26-21(25-19)22-11-14-28-12-5-4-6-13-28/h7-10,15H,3-6,11-14H2,1-2H3,(H2,22,24,25,26). The largest absolute Gasteiger partial charge is 0.494 e. The number of likely N-dealkylation sites (tertiary alicyclic amines) is 1. The minimum Gasteiger partial charge on any atom is -0.494 e. The zero-order valence-corrected chi connectivity index (χ0v) is 17.2. The summed E-state index contributed by atoms with van der Waals surface area (Å²) >= 11 is 0. The maximum absolute atomic E-state index is 5.52. The predicted octanol–water partition coefficient (Wildman–Crippen LogP) is 3.40. The van der Waals surface area contributed by atoms with Crippen LogP contribution in [0.3, 0.4) is 0 Å². The van der Waals surface area contributed by atoms with Gasteiger partial charge in [0.2, 0.25) is 5.95 Å². The summed E-state index contributed by atoms with van der Waals surface area (Å²) in [6.45, 7) is 6.84. The number of nitrogens with zero attached hydrogens (tertiary/aromatic N) is 5. The number of piperidine rings is 1. The summed E-state index contributed by atoms with van der Waals surface area (Å²) in [6, 6.07) is 7.87. The molecule has 2 aromatic heterocycles. The van der Waals surface area contributed by atoms with Gasteiger partial charge < -0.3 is 20.3 Å². The first-order valence-electron chi connectivity index (χ1n) is 10.4. The average molecular weight is 396 g/mol. The lowest BCUT2D eigenvalue weighted by molar-refractivity contribution is 0.237. The molecule has 1 aromatic carbocycles. The van der Waals surface area contributed by atoms with E-state index < -0.39 is 0 Å². The molecule has 0 spiro atoms. The minimum atomic E-state index is 0.617. The van der Waals surface area contributed by atoms with Crippen molar-refractivity contribution in [2.24, 2.45) is 7.05 Å². The molecule has 0 radical (unpaired) electrons. The lowest BCUT2D eigenvalue weighted by Crippen LogP contribution is -2.33. The summed E-state index contributed by atoms with van der Waals surface area (Å²) in [7, 11) is 1.90. The van der Waals surface area contributed by atoms with Crippen LogP contribution < -0.4 is 15.4 Å². The lowest BCUT2D eigenvalue weighted by Gasteiger charge is -2.26. The van der Waals surface area contributed by atoms with E-state index >= 15 is 0 Å². The van der Waals surface area contributed by atoms with Crippen LogP contribution in [0.2, 0.25) is 0 Å². The van der Waals surface area contributed by atoms with Gasteiger partial charge in [0.1, 0.15) is 11.6 Å². The molecule has 29 heavy (non-hydrogen) atoms. The molecule has 4 rings (SSSR count). The van der Waals surface area contributed by atoms with Crippen LogP contribution in [-0.4, -0.2) is 57.4 Å². The molecule has 0 saturated carbocycles. The highest BCUT2D eigenvalue weighted by Crippen LogP contribution is 2.26. The number of ether oxygens (including phenoxy) is 1. The van der Waals surface area contributed by atoms with Crippen molar-refractivity contribution in [3.8, 4) is 5.75 Å². The molecule has 154 valence electrons. The number of aryl methyl sites for hydroxylation is 1. The zero-order valence-electron chi connectivity index (χ0n) is 17.2. The Kier molecular flexibility index (Phi) is 6.09. The smallest absolute Gasteiger partial charge is 0.226 e. The van der Waals surface area contributed by atoms with Crippen molar-refractivity contribution in [3.63, 3.8) is 0 Å². The third kappa shape index (κ3) is 4.76. The molecule has 3 heterocycles. The zero-order chi connectivity index (χ0) is 20.1. The number of hydrogen-bond donors (Lipinski definition) is 2. The molecule has 1 aliphatic heterocycles. The Morgan fingerprint density at radius 1 is 1.07 bits per heavy atom. The van der Waals surface area contributed by atoms with E-state index in [1.807, 2.05) is 38.2 Å². The molecule has 3 aromatic rings. The fraction of sp³-hybridized carbons (Fsp3) is 0.476. The third-order valence-corrected chi connectivity index (χ3v) is 5.18. The second-order valence-electron chi connectivity index (χ2n) is 7.31. The van der Waals surface area contributed by atoms with E-state index in [1.165, 1.54) is 32.4 Å². The molecule has 8 nitrogen and oxygen atoms in total. The molecule has 2 N–H and O–H groups in total. The van der Waals surface area contributed by atoms with Crippen LogP contribution in [0.4, 0.5) is 17.5 Å². The van der Waals surface area contributed by atoms with Gasteiger partial charge in [-0.15, -0.1) is 0 Å². The van der Waals surface area contributed by atoms with Crippen molar-refractivity contribution in [3.05, 3.63) is 30.5 Å². The highest BCUT2D eigenvalue weighted by Gasteiger charge is 2.13. The number of benzene rings is 1. The molecule has 0 amide bonds. The number of aromatic nitrogens is 4. The summed E-state index contributed by atoms with van der Waals surface area (Å²) in [5.74, 6) is 2.21. The average Bonchev–Trinajstić information content (AvgIpc) is 3.12. The molecule has 0 bridgehead atoms. The molecule has 1 fully saturated rings. The number of hydrogen-bond acceptors (Lipinski definition) is 7. The maximum atomic E-state index is 5.52. The third-order valence-electron chi connectivity index (χ3n) is 5.18. The normalized spacial score (nSPS) is 14.8. The van der Waals surface area contributed by atoms with Gasteiger partial charge >= 0.3 is 0 Å².